The van der Waals surface area contributed by atoms with Gasteiger partial charge in [-0.2, -0.15) is 13.2 Å². The molecule has 0 fully saturated rings. The molecule has 0 aliphatic rings. The Balaban J connectivity index is 0.00000210. The summed E-state index contributed by atoms with van der Waals surface area (Å²) in [5.74, 6) is -3.29. The molecule has 11 heteroatoms. The summed E-state index contributed by atoms with van der Waals surface area (Å²) < 4.78 is 37.3. The Hall–Kier alpha value is -3.99. The van der Waals surface area contributed by atoms with E-state index in [2.05, 4.69) is 9.99 Å². The molecular weight excluding hydrogens is 485 g/mol. The Kier molecular flexibility index (Phi) is 9.71. The molecule has 0 bridgehead atoms. The molecule has 3 aromatic carbocycles. The predicted molar refractivity (Wildman–Crippen MR) is 124 cm³/mol. The SMILES string of the molecule is CC.O=C(/C(=N/OC(=O)C(F)(F)F)c1ccccc1)c1ccc(Sc2ccc([N+](=O)[O-])cc2)cc1. The first-order chi connectivity index (χ1) is 16.6. The maximum absolute atomic E-state index is 12.9. The number of alkyl halides is 3. The highest BCUT2D eigenvalue weighted by atomic mass is 32.2. The maximum atomic E-state index is 12.9. The van der Waals surface area contributed by atoms with Gasteiger partial charge in [-0.25, -0.2) is 4.79 Å². The summed E-state index contributed by atoms with van der Waals surface area (Å²) >= 11 is 1.29. The number of nitro groups is 1. The Morgan fingerprint density at radius 2 is 1.37 bits per heavy atom. The number of halogens is 3. The van der Waals surface area contributed by atoms with E-state index in [1.807, 2.05) is 13.8 Å². The molecule has 3 rings (SSSR count). The number of nitro benzene ring substituents is 1. The fourth-order valence-corrected chi connectivity index (χ4v) is 3.36. The average Bonchev–Trinajstić information content (AvgIpc) is 2.86. The number of rotatable bonds is 7. The summed E-state index contributed by atoms with van der Waals surface area (Å²) in [7, 11) is 0. The minimum absolute atomic E-state index is 0.0424. The highest BCUT2D eigenvalue weighted by molar-refractivity contribution is 7.99. The Labute approximate surface area is 202 Å². The molecule has 3 aromatic rings. The molecule has 0 aliphatic carbocycles. The smallest absolute Gasteiger partial charge is 0.308 e. The van der Waals surface area contributed by atoms with Crippen molar-refractivity contribution in [2.75, 3.05) is 0 Å². The van der Waals surface area contributed by atoms with Crippen molar-refractivity contribution in [2.24, 2.45) is 5.16 Å². The Bertz CT molecular complexity index is 1200. The lowest BCUT2D eigenvalue weighted by Crippen LogP contribution is -2.25. The standard InChI is InChI=1S/C22H13F3N2O5S.C2H6/c23-22(24,25)21(29)32-26-19(14-4-2-1-3-5-14)20(28)15-6-10-17(11-7-15)33-18-12-8-16(9-13-18)27(30)31;1-2/h1-13H;1-2H3/b26-19+;. The number of nitrogens with zero attached hydrogens (tertiary/aromatic N) is 2. The van der Waals surface area contributed by atoms with E-state index in [4.69, 9.17) is 0 Å². The number of Topliss-reactive ketones (excluding diaryl/α,β-unsaturated/α-hetero) is 1. The molecular formula is C24H19F3N2O5S. The van der Waals surface area contributed by atoms with Crippen LogP contribution in [0.5, 0.6) is 0 Å². The van der Waals surface area contributed by atoms with Crippen LogP contribution in [0.3, 0.4) is 0 Å². The van der Waals surface area contributed by atoms with Crippen LogP contribution in [-0.4, -0.2) is 28.6 Å². The van der Waals surface area contributed by atoms with Crippen LogP contribution in [0.15, 0.2) is 93.8 Å². The number of non-ortho nitro benzene ring substituents is 1. The minimum Gasteiger partial charge on any atom is -0.308 e. The lowest BCUT2D eigenvalue weighted by Gasteiger charge is -2.08. The van der Waals surface area contributed by atoms with Gasteiger partial charge in [0.25, 0.3) is 5.69 Å². The average molecular weight is 504 g/mol. The van der Waals surface area contributed by atoms with Crippen molar-refractivity contribution in [1.82, 2.24) is 0 Å². The van der Waals surface area contributed by atoms with Crippen LogP contribution in [0.1, 0.15) is 29.8 Å². The molecule has 182 valence electrons. The van der Waals surface area contributed by atoms with Crippen molar-refractivity contribution in [2.45, 2.75) is 29.8 Å². The summed E-state index contributed by atoms with van der Waals surface area (Å²) in [6.07, 6.45) is -5.26. The normalized spacial score (nSPS) is 11.2. The van der Waals surface area contributed by atoms with E-state index >= 15 is 0 Å². The molecule has 0 N–H and O–H groups in total. The second-order valence-corrected chi connectivity index (χ2v) is 7.54. The molecule has 0 saturated heterocycles. The van der Waals surface area contributed by atoms with Crippen molar-refractivity contribution in [3.63, 3.8) is 0 Å². The van der Waals surface area contributed by atoms with Gasteiger partial charge in [-0.05, 0) is 36.4 Å². The zero-order valence-corrected chi connectivity index (χ0v) is 19.3. The van der Waals surface area contributed by atoms with Crippen LogP contribution in [0.2, 0.25) is 0 Å². The summed E-state index contributed by atoms with van der Waals surface area (Å²) in [4.78, 5) is 39.5. The van der Waals surface area contributed by atoms with Crippen LogP contribution in [0.25, 0.3) is 0 Å². The summed E-state index contributed by atoms with van der Waals surface area (Å²) in [6, 6.07) is 19.6. The van der Waals surface area contributed by atoms with E-state index in [0.29, 0.717) is 4.90 Å². The van der Waals surface area contributed by atoms with Gasteiger partial charge in [0, 0.05) is 33.1 Å². The third-order valence-corrected chi connectivity index (χ3v) is 5.13. The van der Waals surface area contributed by atoms with E-state index < -0.39 is 28.6 Å². The zero-order valence-electron chi connectivity index (χ0n) is 18.5. The van der Waals surface area contributed by atoms with Crippen molar-refractivity contribution < 1.29 is 32.5 Å². The fraction of sp³-hybridized carbons (Fsp3) is 0.125. The van der Waals surface area contributed by atoms with E-state index in [1.165, 1.54) is 48.2 Å². The summed E-state index contributed by atoms with van der Waals surface area (Å²) in [5, 5.41) is 13.9. The van der Waals surface area contributed by atoms with Crippen molar-refractivity contribution in [1.29, 1.82) is 0 Å². The quantitative estimate of drug-likeness (QED) is 0.120. The number of carbonyl (C=O) groups excluding carboxylic acids is 2. The van der Waals surface area contributed by atoms with Gasteiger partial charge in [-0.1, -0.05) is 61.1 Å². The zero-order chi connectivity index (χ0) is 26.0. The van der Waals surface area contributed by atoms with E-state index in [-0.39, 0.29) is 16.8 Å². The molecule has 0 saturated carbocycles. The van der Waals surface area contributed by atoms with Gasteiger partial charge in [-0.15, -0.1) is 0 Å². The molecule has 7 nitrogen and oxygen atoms in total. The second-order valence-electron chi connectivity index (χ2n) is 6.39. The Morgan fingerprint density at radius 1 is 0.857 bits per heavy atom. The number of hydrogen-bond acceptors (Lipinski definition) is 7. The van der Waals surface area contributed by atoms with Crippen LogP contribution in [0.4, 0.5) is 18.9 Å². The summed E-state index contributed by atoms with van der Waals surface area (Å²) in [6.45, 7) is 4.00. The molecule has 0 heterocycles. The third-order valence-electron chi connectivity index (χ3n) is 4.11. The molecule has 0 aliphatic heterocycles. The monoisotopic (exact) mass is 504 g/mol. The first-order valence-electron chi connectivity index (χ1n) is 10.1. The second kappa shape index (κ2) is 12.5. The molecule has 35 heavy (non-hydrogen) atoms. The topological polar surface area (TPSA) is 98.9 Å². The lowest BCUT2D eigenvalue weighted by atomic mass is 10.0. The van der Waals surface area contributed by atoms with Gasteiger partial charge in [0.15, 0.2) is 5.71 Å². The van der Waals surface area contributed by atoms with Crippen LogP contribution in [-0.2, 0) is 9.63 Å². The van der Waals surface area contributed by atoms with Gasteiger partial charge in [0.1, 0.15) is 0 Å². The molecule has 0 aromatic heterocycles. The van der Waals surface area contributed by atoms with Gasteiger partial charge < -0.3 is 4.84 Å². The number of ketones is 1. The first-order valence-corrected chi connectivity index (χ1v) is 11.0. The van der Waals surface area contributed by atoms with E-state index in [9.17, 15) is 32.9 Å². The summed E-state index contributed by atoms with van der Waals surface area (Å²) in [5.41, 5.74) is -0.237. The van der Waals surface area contributed by atoms with Gasteiger partial charge in [0.2, 0.25) is 5.78 Å². The molecule has 0 amide bonds. The predicted octanol–water partition coefficient (Wildman–Crippen LogP) is 6.46. The van der Waals surface area contributed by atoms with Crippen molar-refractivity contribution >= 4 is 34.9 Å². The molecule has 0 radical (unpaired) electrons. The first kappa shape index (κ1) is 27.3. The van der Waals surface area contributed by atoms with Gasteiger partial charge >= 0.3 is 12.1 Å². The lowest BCUT2D eigenvalue weighted by molar-refractivity contribution is -0.384. The van der Waals surface area contributed by atoms with Crippen LogP contribution in [0, 0.1) is 10.1 Å². The van der Waals surface area contributed by atoms with Crippen molar-refractivity contribution in [3.05, 3.63) is 100 Å². The highest BCUT2D eigenvalue weighted by Crippen LogP contribution is 2.29. The van der Waals surface area contributed by atoms with Crippen LogP contribution >= 0.6 is 11.8 Å². The Morgan fingerprint density at radius 3 is 1.86 bits per heavy atom. The molecule has 0 unspecified atom stereocenters. The molecule has 0 spiro atoms. The number of carbonyl (C=O) groups is 2. The van der Waals surface area contributed by atoms with E-state index in [1.54, 1.807) is 42.5 Å². The fourth-order valence-electron chi connectivity index (χ4n) is 2.54. The molecule has 0 atom stereocenters. The van der Waals surface area contributed by atoms with E-state index in [0.717, 1.165) is 4.90 Å². The van der Waals surface area contributed by atoms with Crippen LogP contribution < -0.4 is 0 Å². The van der Waals surface area contributed by atoms with Gasteiger partial charge in [-0.3, -0.25) is 14.9 Å². The number of hydrogen-bond donors (Lipinski definition) is 0. The largest absolute Gasteiger partial charge is 0.493 e. The van der Waals surface area contributed by atoms with Gasteiger partial charge in [0.05, 0.1) is 4.92 Å². The third kappa shape index (κ3) is 7.78. The number of oxime groups is 1. The minimum atomic E-state index is -5.26. The maximum Gasteiger partial charge on any atom is 0.493 e. The highest BCUT2D eigenvalue weighted by Gasteiger charge is 2.42. The number of benzene rings is 3. The van der Waals surface area contributed by atoms with Crippen molar-refractivity contribution in [3.8, 4) is 0 Å².